The summed E-state index contributed by atoms with van der Waals surface area (Å²) in [7, 11) is 0. The fraction of sp³-hybridized carbons (Fsp3) is 0.714. The van der Waals surface area contributed by atoms with Crippen LogP contribution in [0, 0.1) is 6.92 Å². The van der Waals surface area contributed by atoms with E-state index in [1.807, 2.05) is 6.92 Å². The predicted molar refractivity (Wildman–Crippen MR) is 75.6 cm³/mol. The molecule has 1 N–H and O–H groups in total. The summed E-state index contributed by atoms with van der Waals surface area (Å²) in [5.41, 5.74) is 3.38. The second kappa shape index (κ2) is 8.16. The maximum atomic E-state index is 4.24. The molecule has 1 aromatic rings. The van der Waals surface area contributed by atoms with Crippen LogP contribution in [0.15, 0.2) is 6.07 Å². The maximum Gasteiger partial charge on any atom is 0.0673 e. The summed E-state index contributed by atoms with van der Waals surface area (Å²) in [5, 5.41) is 11.8. The second-order valence-corrected chi connectivity index (χ2v) is 4.51. The summed E-state index contributed by atoms with van der Waals surface area (Å²) in [6.07, 6.45) is 0.945. The highest BCUT2D eigenvalue weighted by atomic mass is 15.1. The molecule has 102 valence electrons. The summed E-state index contributed by atoms with van der Waals surface area (Å²) in [6, 6.07) is 2.14. The van der Waals surface area contributed by atoms with Crippen molar-refractivity contribution in [3.8, 4) is 0 Å². The van der Waals surface area contributed by atoms with Crippen LogP contribution in [-0.2, 0) is 13.0 Å². The lowest BCUT2D eigenvalue weighted by atomic mass is 10.1. The molecule has 0 amide bonds. The van der Waals surface area contributed by atoms with Gasteiger partial charge in [-0.25, -0.2) is 0 Å². The third-order valence-electron chi connectivity index (χ3n) is 3.23. The van der Waals surface area contributed by atoms with Crippen molar-refractivity contribution in [3.05, 3.63) is 23.0 Å². The maximum absolute atomic E-state index is 4.24. The molecule has 1 rings (SSSR count). The van der Waals surface area contributed by atoms with Gasteiger partial charge < -0.3 is 10.2 Å². The Labute approximate surface area is 111 Å². The van der Waals surface area contributed by atoms with Gasteiger partial charge in [-0.2, -0.15) is 10.2 Å². The molecule has 0 radical (unpaired) electrons. The number of nitrogens with zero attached hydrogens (tertiary/aromatic N) is 3. The molecule has 0 aromatic carbocycles. The highest BCUT2D eigenvalue weighted by molar-refractivity contribution is 5.20. The average Bonchev–Trinajstić information content (AvgIpc) is 2.39. The van der Waals surface area contributed by atoms with E-state index in [4.69, 9.17) is 0 Å². The summed E-state index contributed by atoms with van der Waals surface area (Å²) in [5.74, 6) is 0. The molecule has 0 bridgehead atoms. The topological polar surface area (TPSA) is 41.1 Å². The summed E-state index contributed by atoms with van der Waals surface area (Å²) >= 11 is 0. The van der Waals surface area contributed by atoms with E-state index in [2.05, 4.69) is 47.3 Å². The van der Waals surface area contributed by atoms with Crippen LogP contribution in [0.5, 0.6) is 0 Å². The fourth-order valence-corrected chi connectivity index (χ4v) is 2.02. The Morgan fingerprint density at radius 1 is 1.17 bits per heavy atom. The van der Waals surface area contributed by atoms with E-state index in [1.54, 1.807) is 0 Å². The van der Waals surface area contributed by atoms with Crippen molar-refractivity contribution in [1.29, 1.82) is 0 Å². The first-order chi connectivity index (χ1) is 8.71. The van der Waals surface area contributed by atoms with Crippen LogP contribution in [0.25, 0.3) is 0 Å². The molecular weight excluding hydrogens is 224 g/mol. The van der Waals surface area contributed by atoms with Crippen molar-refractivity contribution in [2.75, 3.05) is 26.2 Å². The molecule has 0 atom stereocenters. The highest BCUT2D eigenvalue weighted by Gasteiger charge is 2.04. The Morgan fingerprint density at radius 2 is 1.89 bits per heavy atom. The smallest absolute Gasteiger partial charge is 0.0673 e. The molecule has 0 spiro atoms. The van der Waals surface area contributed by atoms with Gasteiger partial charge in [-0.1, -0.05) is 20.8 Å². The molecule has 0 saturated carbocycles. The highest BCUT2D eigenvalue weighted by Crippen LogP contribution is 2.06. The van der Waals surface area contributed by atoms with Crippen LogP contribution < -0.4 is 5.32 Å². The van der Waals surface area contributed by atoms with Gasteiger partial charge >= 0.3 is 0 Å². The summed E-state index contributed by atoms with van der Waals surface area (Å²) < 4.78 is 0. The zero-order chi connectivity index (χ0) is 13.4. The fourth-order valence-electron chi connectivity index (χ4n) is 2.02. The average molecular weight is 250 g/mol. The lowest BCUT2D eigenvalue weighted by Gasteiger charge is -2.18. The van der Waals surface area contributed by atoms with Crippen molar-refractivity contribution in [3.63, 3.8) is 0 Å². The van der Waals surface area contributed by atoms with Crippen LogP contribution in [0.2, 0.25) is 0 Å². The van der Waals surface area contributed by atoms with Crippen molar-refractivity contribution < 1.29 is 0 Å². The first-order valence-electron chi connectivity index (χ1n) is 6.96. The Hall–Kier alpha value is -1.00. The molecule has 0 aliphatic carbocycles. The van der Waals surface area contributed by atoms with E-state index in [0.29, 0.717) is 0 Å². The zero-order valence-electron chi connectivity index (χ0n) is 12.2. The molecular formula is C14H26N4. The van der Waals surface area contributed by atoms with Crippen LogP contribution in [0.3, 0.4) is 0 Å². The quantitative estimate of drug-likeness (QED) is 0.714. The number of hydrogen-bond acceptors (Lipinski definition) is 4. The van der Waals surface area contributed by atoms with Crippen LogP contribution in [-0.4, -0.2) is 41.3 Å². The minimum absolute atomic E-state index is 0.890. The van der Waals surface area contributed by atoms with Crippen LogP contribution in [0.1, 0.15) is 37.7 Å². The lowest BCUT2D eigenvalue weighted by molar-refractivity contribution is 0.302. The van der Waals surface area contributed by atoms with Gasteiger partial charge in [0, 0.05) is 19.6 Å². The molecule has 4 nitrogen and oxygen atoms in total. The molecule has 0 aliphatic heterocycles. The summed E-state index contributed by atoms with van der Waals surface area (Å²) in [4.78, 5) is 2.42. The van der Waals surface area contributed by atoms with Crippen molar-refractivity contribution in [2.45, 2.75) is 40.7 Å². The Morgan fingerprint density at radius 3 is 2.50 bits per heavy atom. The molecule has 4 heteroatoms. The molecule has 0 fully saturated rings. The first-order valence-corrected chi connectivity index (χ1v) is 6.96. The van der Waals surface area contributed by atoms with Crippen LogP contribution >= 0.6 is 0 Å². The zero-order valence-corrected chi connectivity index (χ0v) is 12.2. The van der Waals surface area contributed by atoms with Gasteiger partial charge in [-0.15, -0.1) is 0 Å². The number of rotatable bonds is 8. The number of nitrogens with one attached hydrogen (secondary N) is 1. The number of aromatic nitrogens is 2. The second-order valence-electron chi connectivity index (χ2n) is 4.51. The van der Waals surface area contributed by atoms with Crippen LogP contribution in [0.4, 0.5) is 0 Å². The van der Waals surface area contributed by atoms with E-state index in [-0.39, 0.29) is 0 Å². The van der Waals surface area contributed by atoms with Gasteiger partial charge in [0.25, 0.3) is 0 Å². The van der Waals surface area contributed by atoms with Gasteiger partial charge in [0.2, 0.25) is 0 Å². The number of hydrogen-bond donors (Lipinski definition) is 1. The number of likely N-dealkylation sites (N-methyl/N-ethyl adjacent to an activating group) is 1. The van der Waals surface area contributed by atoms with Gasteiger partial charge in [0.05, 0.1) is 11.4 Å². The Balaban J connectivity index is 2.41. The molecule has 18 heavy (non-hydrogen) atoms. The summed E-state index contributed by atoms with van der Waals surface area (Å²) in [6.45, 7) is 13.8. The standard InChI is InChI=1S/C14H26N4/c1-5-14-13(10-12(4)16-17-14)11-15-8-9-18(6-2)7-3/h10,15H,5-9,11H2,1-4H3. The van der Waals surface area contributed by atoms with E-state index >= 15 is 0 Å². The lowest BCUT2D eigenvalue weighted by Crippen LogP contribution is -2.31. The van der Waals surface area contributed by atoms with E-state index in [0.717, 1.165) is 50.5 Å². The Kier molecular flexibility index (Phi) is 6.83. The van der Waals surface area contributed by atoms with Crippen molar-refractivity contribution in [1.82, 2.24) is 20.4 Å². The van der Waals surface area contributed by atoms with Crippen molar-refractivity contribution >= 4 is 0 Å². The van der Waals surface area contributed by atoms with Gasteiger partial charge in [-0.3, -0.25) is 0 Å². The third kappa shape index (κ3) is 4.70. The SMILES string of the molecule is CCc1nnc(C)cc1CNCCN(CC)CC. The molecule has 0 saturated heterocycles. The normalized spacial score (nSPS) is 11.2. The molecule has 0 unspecified atom stereocenters. The van der Waals surface area contributed by atoms with E-state index < -0.39 is 0 Å². The molecule has 0 aliphatic rings. The number of aryl methyl sites for hydroxylation is 2. The van der Waals surface area contributed by atoms with Gasteiger partial charge in [0.1, 0.15) is 0 Å². The van der Waals surface area contributed by atoms with E-state index in [9.17, 15) is 0 Å². The monoisotopic (exact) mass is 250 g/mol. The van der Waals surface area contributed by atoms with Crippen molar-refractivity contribution in [2.24, 2.45) is 0 Å². The first kappa shape index (κ1) is 15.1. The van der Waals surface area contributed by atoms with Gasteiger partial charge in [0.15, 0.2) is 0 Å². The minimum Gasteiger partial charge on any atom is -0.311 e. The minimum atomic E-state index is 0.890. The van der Waals surface area contributed by atoms with E-state index in [1.165, 1.54) is 5.56 Å². The largest absolute Gasteiger partial charge is 0.311 e. The molecule has 1 heterocycles. The predicted octanol–water partition coefficient (Wildman–Crippen LogP) is 1.78. The molecule has 1 aromatic heterocycles. The Bertz CT molecular complexity index is 348. The van der Waals surface area contributed by atoms with Gasteiger partial charge in [-0.05, 0) is 38.1 Å². The third-order valence-corrected chi connectivity index (χ3v) is 3.23.